The summed E-state index contributed by atoms with van der Waals surface area (Å²) in [5.41, 5.74) is 1.11. The first kappa shape index (κ1) is 17.2. The Morgan fingerprint density at radius 1 is 1.08 bits per heavy atom. The third-order valence-electron chi connectivity index (χ3n) is 4.69. The molecule has 1 aromatic carbocycles. The first-order chi connectivity index (χ1) is 11.6. The molecule has 0 aliphatic carbocycles. The van der Waals surface area contributed by atoms with Gasteiger partial charge in [-0.2, -0.15) is 0 Å². The van der Waals surface area contributed by atoms with Crippen LogP contribution >= 0.6 is 11.6 Å². The molecule has 3 rings (SSSR count). The molecule has 0 bridgehead atoms. The molecule has 6 heteroatoms. The second-order valence-corrected chi connectivity index (χ2v) is 6.77. The lowest BCUT2D eigenvalue weighted by atomic mass is 10.1. The van der Waals surface area contributed by atoms with E-state index in [0.717, 1.165) is 18.4 Å². The Labute approximate surface area is 147 Å². The fraction of sp³-hybridized carbons (Fsp3) is 0.556. The summed E-state index contributed by atoms with van der Waals surface area (Å²) in [6.45, 7) is 3.10. The highest BCUT2D eigenvalue weighted by Crippen LogP contribution is 2.17. The highest BCUT2D eigenvalue weighted by atomic mass is 35.5. The minimum atomic E-state index is -0.267. The number of carbonyl (C=O) groups excluding carboxylic acids is 2. The van der Waals surface area contributed by atoms with Gasteiger partial charge >= 0.3 is 0 Å². The normalized spacial score (nSPS) is 21.1. The highest BCUT2D eigenvalue weighted by molar-refractivity contribution is 6.30. The van der Waals surface area contributed by atoms with E-state index in [-0.39, 0.29) is 17.9 Å². The molecular formula is C18H23ClN2O3. The van der Waals surface area contributed by atoms with Crippen molar-refractivity contribution in [1.29, 1.82) is 0 Å². The molecule has 0 radical (unpaired) electrons. The Hall–Kier alpha value is -1.59. The summed E-state index contributed by atoms with van der Waals surface area (Å²) in [7, 11) is 0. The summed E-state index contributed by atoms with van der Waals surface area (Å²) in [5, 5.41) is 0.706. The molecule has 1 unspecified atom stereocenters. The Bertz CT molecular complexity index is 576. The molecule has 24 heavy (non-hydrogen) atoms. The van der Waals surface area contributed by atoms with Crippen LogP contribution in [0.15, 0.2) is 24.3 Å². The predicted octanol–water partition coefficient (Wildman–Crippen LogP) is 2.12. The second-order valence-electron chi connectivity index (χ2n) is 6.33. The molecule has 0 aromatic heterocycles. The van der Waals surface area contributed by atoms with Crippen LogP contribution in [-0.2, 0) is 20.7 Å². The average Bonchev–Trinajstić information content (AvgIpc) is 3.15. The first-order valence-corrected chi connectivity index (χ1v) is 8.94. The Balaban J connectivity index is 1.43. The molecule has 2 aliphatic heterocycles. The molecule has 2 aliphatic rings. The van der Waals surface area contributed by atoms with Crippen molar-refractivity contribution in [3.63, 3.8) is 0 Å². The van der Waals surface area contributed by atoms with E-state index in [4.69, 9.17) is 16.3 Å². The SMILES string of the molecule is O=C(CCc1ccc(Cl)cc1)N1CCN(C(=O)C2CCCO2)CC1. The van der Waals surface area contributed by atoms with Gasteiger partial charge in [0, 0.05) is 44.2 Å². The summed E-state index contributed by atoms with van der Waals surface area (Å²) >= 11 is 5.87. The van der Waals surface area contributed by atoms with Gasteiger partial charge in [0.2, 0.25) is 5.91 Å². The fourth-order valence-electron chi connectivity index (χ4n) is 3.21. The predicted molar refractivity (Wildman–Crippen MR) is 91.9 cm³/mol. The summed E-state index contributed by atoms with van der Waals surface area (Å²) in [5.74, 6) is 0.231. The van der Waals surface area contributed by atoms with Crippen LogP contribution in [0, 0.1) is 0 Å². The van der Waals surface area contributed by atoms with E-state index >= 15 is 0 Å². The number of hydrogen-bond donors (Lipinski definition) is 0. The second kappa shape index (κ2) is 7.99. The number of nitrogens with zero attached hydrogens (tertiary/aromatic N) is 2. The summed E-state index contributed by atoms with van der Waals surface area (Å²) in [4.78, 5) is 28.3. The zero-order valence-electron chi connectivity index (χ0n) is 13.7. The van der Waals surface area contributed by atoms with E-state index in [1.54, 1.807) is 0 Å². The molecule has 5 nitrogen and oxygen atoms in total. The van der Waals surface area contributed by atoms with Crippen LogP contribution < -0.4 is 0 Å². The minimum absolute atomic E-state index is 0.0840. The van der Waals surface area contributed by atoms with Crippen molar-refractivity contribution in [3.05, 3.63) is 34.9 Å². The number of halogens is 1. The van der Waals surface area contributed by atoms with Crippen LogP contribution in [0.3, 0.4) is 0 Å². The van der Waals surface area contributed by atoms with Crippen LogP contribution in [0.4, 0.5) is 0 Å². The van der Waals surface area contributed by atoms with Crippen molar-refractivity contribution in [2.45, 2.75) is 31.8 Å². The number of hydrogen-bond acceptors (Lipinski definition) is 3. The average molecular weight is 351 g/mol. The topological polar surface area (TPSA) is 49.9 Å². The lowest BCUT2D eigenvalue weighted by Crippen LogP contribution is -2.52. The molecule has 2 heterocycles. The highest BCUT2D eigenvalue weighted by Gasteiger charge is 2.31. The number of piperazine rings is 1. The molecule has 130 valence electrons. The van der Waals surface area contributed by atoms with Crippen molar-refractivity contribution in [2.24, 2.45) is 0 Å². The van der Waals surface area contributed by atoms with Gasteiger partial charge < -0.3 is 14.5 Å². The monoisotopic (exact) mass is 350 g/mol. The van der Waals surface area contributed by atoms with Crippen LogP contribution in [0.2, 0.25) is 5.02 Å². The van der Waals surface area contributed by atoms with E-state index in [9.17, 15) is 9.59 Å². The number of ether oxygens (including phenoxy) is 1. The molecule has 2 saturated heterocycles. The van der Waals surface area contributed by atoms with Gasteiger partial charge in [-0.15, -0.1) is 0 Å². The van der Waals surface area contributed by atoms with Crippen LogP contribution in [0.25, 0.3) is 0 Å². The Kier molecular flexibility index (Phi) is 5.74. The summed E-state index contributed by atoms with van der Waals surface area (Å²) in [6.07, 6.45) is 2.71. The maximum absolute atomic E-state index is 12.3. The van der Waals surface area contributed by atoms with Crippen LogP contribution in [-0.4, -0.2) is 60.5 Å². The standard InChI is InChI=1S/C18H23ClN2O3/c19-15-6-3-14(4-7-15)5-8-17(22)20-9-11-21(12-10-20)18(23)16-2-1-13-24-16/h3-4,6-7,16H,1-2,5,8-13H2. The molecule has 2 amide bonds. The summed E-state index contributed by atoms with van der Waals surface area (Å²) in [6, 6.07) is 7.59. The first-order valence-electron chi connectivity index (χ1n) is 8.56. The van der Waals surface area contributed by atoms with Gasteiger partial charge in [0.1, 0.15) is 6.10 Å². The smallest absolute Gasteiger partial charge is 0.251 e. The molecular weight excluding hydrogens is 328 g/mol. The zero-order chi connectivity index (χ0) is 16.9. The maximum Gasteiger partial charge on any atom is 0.251 e. The van der Waals surface area contributed by atoms with E-state index in [1.165, 1.54) is 0 Å². The van der Waals surface area contributed by atoms with Gasteiger partial charge in [-0.1, -0.05) is 23.7 Å². The van der Waals surface area contributed by atoms with E-state index in [0.29, 0.717) is 50.7 Å². The van der Waals surface area contributed by atoms with Gasteiger partial charge in [0.05, 0.1) is 0 Å². The van der Waals surface area contributed by atoms with Gasteiger partial charge in [-0.25, -0.2) is 0 Å². The molecule has 1 aromatic rings. The third-order valence-corrected chi connectivity index (χ3v) is 4.94. The molecule has 1 atom stereocenters. The van der Waals surface area contributed by atoms with Crippen molar-refractivity contribution in [3.8, 4) is 0 Å². The van der Waals surface area contributed by atoms with Crippen LogP contribution in [0.1, 0.15) is 24.8 Å². The minimum Gasteiger partial charge on any atom is -0.368 e. The van der Waals surface area contributed by atoms with Gasteiger partial charge in [0.25, 0.3) is 5.91 Å². The van der Waals surface area contributed by atoms with E-state index < -0.39 is 0 Å². The number of aryl methyl sites for hydroxylation is 1. The van der Waals surface area contributed by atoms with Crippen molar-refractivity contribution in [1.82, 2.24) is 9.80 Å². The van der Waals surface area contributed by atoms with Crippen molar-refractivity contribution in [2.75, 3.05) is 32.8 Å². The quantitative estimate of drug-likeness (QED) is 0.835. The Morgan fingerprint density at radius 2 is 1.75 bits per heavy atom. The summed E-state index contributed by atoms with van der Waals surface area (Å²) < 4.78 is 5.46. The van der Waals surface area contributed by atoms with Gasteiger partial charge in [-0.3, -0.25) is 9.59 Å². The number of carbonyl (C=O) groups is 2. The molecule has 0 spiro atoms. The third kappa shape index (κ3) is 4.28. The zero-order valence-corrected chi connectivity index (χ0v) is 14.5. The van der Waals surface area contributed by atoms with Crippen molar-refractivity contribution >= 4 is 23.4 Å². The largest absolute Gasteiger partial charge is 0.368 e. The fourth-order valence-corrected chi connectivity index (χ4v) is 3.34. The van der Waals surface area contributed by atoms with Gasteiger partial charge in [0.15, 0.2) is 0 Å². The molecule has 2 fully saturated rings. The lowest BCUT2D eigenvalue weighted by molar-refractivity contribution is -0.146. The van der Waals surface area contributed by atoms with Crippen molar-refractivity contribution < 1.29 is 14.3 Å². The number of benzene rings is 1. The van der Waals surface area contributed by atoms with E-state index in [1.807, 2.05) is 34.1 Å². The maximum atomic E-state index is 12.3. The molecule has 0 saturated carbocycles. The van der Waals surface area contributed by atoms with Gasteiger partial charge in [-0.05, 0) is 37.0 Å². The number of rotatable bonds is 4. The number of amides is 2. The van der Waals surface area contributed by atoms with Crippen LogP contribution in [0.5, 0.6) is 0 Å². The van der Waals surface area contributed by atoms with E-state index in [2.05, 4.69) is 0 Å². The lowest BCUT2D eigenvalue weighted by Gasteiger charge is -2.35. The Morgan fingerprint density at radius 3 is 2.38 bits per heavy atom. The molecule has 0 N–H and O–H groups in total.